The number of nitrogens with one attached hydrogen (secondary N) is 2. The molecule has 2 bridgehead atoms. The molecule has 0 radical (unpaired) electrons. The van der Waals surface area contributed by atoms with Gasteiger partial charge in [-0.05, 0) is 89.7 Å². The first kappa shape index (κ1) is 29.7. The van der Waals surface area contributed by atoms with Crippen molar-refractivity contribution in [1.82, 2.24) is 20.4 Å². The number of amides is 5. The third kappa shape index (κ3) is 7.06. The summed E-state index contributed by atoms with van der Waals surface area (Å²) in [5.41, 5.74) is 7.12. The third-order valence-corrected chi connectivity index (χ3v) is 8.20. The molecule has 10 nitrogen and oxygen atoms in total. The summed E-state index contributed by atoms with van der Waals surface area (Å²) in [6.07, 6.45) is 4.04. The highest BCUT2D eigenvalue weighted by molar-refractivity contribution is 5.91. The number of carbonyl (C=O) groups is 4. The Morgan fingerprint density at radius 1 is 1.00 bits per heavy atom. The maximum absolute atomic E-state index is 13.4. The van der Waals surface area contributed by atoms with Gasteiger partial charge in [0.1, 0.15) is 17.7 Å². The fourth-order valence-electron chi connectivity index (χ4n) is 6.30. The highest BCUT2D eigenvalue weighted by Crippen LogP contribution is 2.43. The molecule has 2 aliphatic heterocycles. The number of benzene rings is 1. The largest absolute Gasteiger partial charge is 0.444 e. The van der Waals surface area contributed by atoms with E-state index in [-0.39, 0.29) is 36.4 Å². The van der Waals surface area contributed by atoms with E-state index in [0.717, 1.165) is 37.7 Å². The van der Waals surface area contributed by atoms with Crippen LogP contribution in [0.25, 0.3) is 0 Å². The van der Waals surface area contributed by atoms with Gasteiger partial charge in [0.25, 0.3) is 0 Å². The second kappa shape index (κ2) is 12.1. The quantitative estimate of drug-likeness (QED) is 0.475. The van der Waals surface area contributed by atoms with Gasteiger partial charge in [-0.25, -0.2) is 9.59 Å². The van der Waals surface area contributed by atoms with E-state index in [9.17, 15) is 19.2 Å². The lowest BCUT2D eigenvalue weighted by molar-refractivity contribution is -0.132. The second-order valence-electron chi connectivity index (χ2n) is 12.8. The van der Waals surface area contributed by atoms with E-state index in [1.54, 1.807) is 25.7 Å². The van der Waals surface area contributed by atoms with E-state index in [1.807, 2.05) is 30.9 Å². The lowest BCUT2D eigenvalue weighted by Gasteiger charge is -2.36. The van der Waals surface area contributed by atoms with Gasteiger partial charge in [-0.2, -0.15) is 0 Å². The number of piperidine rings is 2. The molecule has 4 N–H and O–H groups in total. The van der Waals surface area contributed by atoms with Gasteiger partial charge in [-0.1, -0.05) is 24.3 Å². The number of primary amides is 1. The molecule has 1 saturated carbocycles. The number of hydrogen-bond acceptors (Lipinski definition) is 5. The molecule has 220 valence electrons. The summed E-state index contributed by atoms with van der Waals surface area (Å²) in [7, 11) is 0. The molecule has 3 aliphatic rings. The van der Waals surface area contributed by atoms with E-state index in [4.69, 9.17) is 10.5 Å². The number of carbonyl (C=O) groups excluding carboxylic acids is 4. The van der Waals surface area contributed by atoms with E-state index < -0.39 is 29.7 Å². The van der Waals surface area contributed by atoms with Gasteiger partial charge < -0.3 is 26.0 Å². The maximum Gasteiger partial charge on any atom is 0.411 e. The molecular weight excluding hydrogens is 510 g/mol. The van der Waals surface area contributed by atoms with Crippen LogP contribution in [0.15, 0.2) is 24.3 Å². The van der Waals surface area contributed by atoms with Crippen LogP contribution in [-0.2, 0) is 20.7 Å². The number of nitrogens with zero attached hydrogens (tertiary/aromatic N) is 2. The van der Waals surface area contributed by atoms with Gasteiger partial charge in [-0.3, -0.25) is 14.5 Å². The van der Waals surface area contributed by atoms with E-state index in [1.165, 1.54) is 5.56 Å². The van der Waals surface area contributed by atoms with Crippen LogP contribution in [0.1, 0.15) is 83.8 Å². The van der Waals surface area contributed by atoms with E-state index in [2.05, 4.69) is 22.8 Å². The van der Waals surface area contributed by atoms with Crippen LogP contribution in [0.2, 0.25) is 0 Å². The molecule has 3 fully saturated rings. The molecule has 1 aromatic carbocycles. The van der Waals surface area contributed by atoms with Crippen LogP contribution in [0, 0.1) is 5.92 Å². The van der Waals surface area contributed by atoms with Crippen molar-refractivity contribution in [3.63, 3.8) is 0 Å². The van der Waals surface area contributed by atoms with E-state index >= 15 is 0 Å². The van der Waals surface area contributed by atoms with Gasteiger partial charge in [0.2, 0.25) is 11.8 Å². The first-order valence-electron chi connectivity index (χ1n) is 14.6. The van der Waals surface area contributed by atoms with Crippen molar-refractivity contribution in [2.75, 3.05) is 13.1 Å². The second-order valence-corrected chi connectivity index (χ2v) is 12.8. The number of fused-ring (bicyclic) bond motifs is 2. The Labute approximate surface area is 237 Å². The Balaban J connectivity index is 1.35. The topological polar surface area (TPSA) is 134 Å². The molecule has 5 amide bonds. The summed E-state index contributed by atoms with van der Waals surface area (Å²) >= 11 is 0. The van der Waals surface area contributed by atoms with Crippen LogP contribution in [0.5, 0.6) is 0 Å². The van der Waals surface area contributed by atoms with Crippen LogP contribution in [0.4, 0.5) is 9.59 Å². The lowest BCUT2D eigenvalue weighted by atomic mass is 9.88. The minimum absolute atomic E-state index is 0.0111. The monoisotopic (exact) mass is 555 g/mol. The normalized spacial score (nSPS) is 23.7. The average molecular weight is 556 g/mol. The zero-order valence-corrected chi connectivity index (χ0v) is 24.4. The summed E-state index contributed by atoms with van der Waals surface area (Å²) < 4.78 is 5.59. The fourth-order valence-corrected chi connectivity index (χ4v) is 6.30. The van der Waals surface area contributed by atoms with Crippen LogP contribution < -0.4 is 16.4 Å². The average Bonchev–Trinajstić information content (AvgIpc) is 3.49. The highest BCUT2D eigenvalue weighted by Gasteiger charge is 2.52. The number of ether oxygens (including phenoxy) is 1. The van der Waals surface area contributed by atoms with Crippen molar-refractivity contribution in [2.24, 2.45) is 11.7 Å². The molecule has 4 atom stereocenters. The predicted octanol–water partition coefficient (Wildman–Crippen LogP) is 3.28. The smallest absolute Gasteiger partial charge is 0.411 e. The number of likely N-dealkylation sites (tertiary alicyclic amines) is 2. The van der Waals surface area contributed by atoms with Crippen molar-refractivity contribution in [3.05, 3.63) is 35.4 Å². The molecule has 1 aromatic rings. The van der Waals surface area contributed by atoms with Gasteiger partial charge >= 0.3 is 12.1 Å². The molecular formula is C30H45N5O5. The summed E-state index contributed by atoms with van der Waals surface area (Å²) in [5, 5.41) is 5.79. The minimum atomic E-state index is -0.888. The summed E-state index contributed by atoms with van der Waals surface area (Å²) in [4.78, 5) is 54.4. The van der Waals surface area contributed by atoms with Gasteiger partial charge in [0.05, 0.1) is 0 Å². The number of urea groups is 1. The lowest BCUT2D eigenvalue weighted by Crippen LogP contribution is -2.57. The molecule has 40 heavy (non-hydrogen) atoms. The first-order valence-corrected chi connectivity index (χ1v) is 14.6. The minimum Gasteiger partial charge on any atom is -0.444 e. The zero-order valence-electron chi connectivity index (χ0n) is 24.4. The summed E-state index contributed by atoms with van der Waals surface area (Å²) in [6.45, 7) is 10.7. The fraction of sp³-hybridized carbons (Fsp3) is 0.667. The van der Waals surface area contributed by atoms with Crippen molar-refractivity contribution in [3.8, 4) is 0 Å². The number of nitrogens with two attached hydrogens (primary N) is 1. The first-order chi connectivity index (χ1) is 18.8. The van der Waals surface area contributed by atoms with Gasteiger partial charge in [-0.15, -0.1) is 0 Å². The van der Waals surface area contributed by atoms with Crippen molar-refractivity contribution < 1.29 is 23.9 Å². The molecule has 2 saturated heterocycles. The standard InChI is InChI=1S/C30H45N5O5/c1-18(2)32-28(38)34-14-12-21(13-15-34)20-8-6-19(7-9-20)16-24(26(31)36)33-27(37)25-22-10-11-23(17-22)35(25)29(39)40-30(3,4)5/h6-9,18,21-25H,10-17H2,1-5H3,(H2,31,36)(H,32,38)(H,33,37)/t22-,23+,24-,25-/m0/s1. The number of hydrogen-bond donors (Lipinski definition) is 3. The molecule has 4 rings (SSSR count). The van der Waals surface area contributed by atoms with Gasteiger partial charge in [0, 0.05) is 31.6 Å². The SMILES string of the molecule is CC(C)NC(=O)N1CCC(c2ccc(C[C@H](NC(=O)[C@@H]3[C@H]4CC[C@H](C4)N3C(=O)OC(C)(C)C)C(N)=O)cc2)CC1. The highest BCUT2D eigenvalue weighted by atomic mass is 16.6. The number of rotatable bonds is 7. The zero-order chi connectivity index (χ0) is 29.2. The van der Waals surface area contributed by atoms with Crippen LogP contribution >= 0.6 is 0 Å². The Kier molecular flexibility index (Phi) is 8.95. The van der Waals surface area contributed by atoms with Crippen molar-refractivity contribution >= 4 is 23.9 Å². The molecule has 0 spiro atoms. The predicted molar refractivity (Wildman–Crippen MR) is 151 cm³/mol. The van der Waals surface area contributed by atoms with Gasteiger partial charge in [0.15, 0.2) is 0 Å². The third-order valence-electron chi connectivity index (χ3n) is 8.20. The molecule has 2 heterocycles. The molecule has 10 heteroatoms. The van der Waals surface area contributed by atoms with Crippen molar-refractivity contribution in [1.29, 1.82) is 0 Å². The Morgan fingerprint density at radius 2 is 1.65 bits per heavy atom. The van der Waals surface area contributed by atoms with Crippen LogP contribution in [-0.4, -0.2) is 76.6 Å². The van der Waals surface area contributed by atoms with Crippen molar-refractivity contribution in [2.45, 2.75) is 109 Å². The Hall–Kier alpha value is -3.30. The molecule has 1 aliphatic carbocycles. The molecule has 0 unspecified atom stereocenters. The maximum atomic E-state index is 13.4. The Morgan fingerprint density at radius 3 is 2.23 bits per heavy atom. The molecule has 0 aromatic heterocycles. The summed E-state index contributed by atoms with van der Waals surface area (Å²) in [6, 6.07) is 6.60. The van der Waals surface area contributed by atoms with E-state index in [0.29, 0.717) is 19.0 Å². The van der Waals surface area contributed by atoms with Crippen LogP contribution in [0.3, 0.4) is 0 Å². The summed E-state index contributed by atoms with van der Waals surface area (Å²) in [5.74, 6) is -0.559. The Bertz CT molecular complexity index is 1090.